The molecule has 0 unspecified atom stereocenters. The number of carbonyl (C=O) groups excluding carboxylic acids is 1. The summed E-state index contributed by atoms with van der Waals surface area (Å²) >= 11 is 1.73. The van der Waals surface area contributed by atoms with E-state index in [2.05, 4.69) is 41.2 Å². The van der Waals surface area contributed by atoms with Crippen LogP contribution >= 0.6 is 11.3 Å². The summed E-state index contributed by atoms with van der Waals surface area (Å²) in [5, 5.41) is 3.03. The molecule has 6 heteroatoms. The number of nitrogens with zero attached hydrogens (tertiary/aromatic N) is 3. The van der Waals surface area contributed by atoms with Gasteiger partial charge in [0, 0.05) is 36.1 Å². The number of aromatic nitrogens is 1. The topological polar surface area (TPSA) is 48.5 Å². The molecule has 2 aromatic rings. The van der Waals surface area contributed by atoms with Crippen LogP contribution in [0.3, 0.4) is 0 Å². The van der Waals surface area contributed by atoms with Gasteiger partial charge in [0.15, 0.2) is 5.82 Å². The monoisotopic (exact) mass is 344 g/mol. The van der Waals surface area contributed by atoms with Crippen LogP contribution in [0.25, 0.3) is 0 Å². The Bertz CT molecular complexity index is 709. The quantitative estimate of drug-likeness (QED) is 0.901. The van der Waals surface area contributed by atoms with Gasteiger partial charge in [0.2, 0.25) is 0 Å². The SMILES string of the molecule is Cc1ccc([C@H](C)N(C)C(=O)Nc2cccnc2N2CCCC2)s1. The summed E-state index contributed by atoms with van der Waals surface area (Å²) in [6.45, 7) is 6.13. The van der Waals surface area contributed by atoms with E-state index in [9.17, 15) is 4.79 Å². The Morgan fingerprint density at radius 1 is 1.33 bits per heavy atom. The van der Waals surface area contributed by atoms with E-state index in [1.54, 1.807) is 22.4 Å². The summed E-state index contributed by atoms with van der Waals surface area (Å²) in [7, 11) is 1.83. The standard InChI is InChI=1S/C18H24N4OS/c1-13-8-9-16(24-13)14(2)21(3)18(23)20-15-7-6-10-19-17(15)22-11-4-5-12-22/h6-10,14H,4-5,11-12H2,1-3H3,(H,20,23)/t14-/m0/s1. The Balaban J connectivity index is 1.72. The van der Waals surface area contributed by atoms with Gasteiger partial charge in [-0.15, -0.1) is 11.3 Å². The number of pyridine rings is 1. The Hall–Kier alpha value is -2.08. The lowest BCUT2D eigenvalue weighted by Gasteiger charge is -2.26. The molecule has 0 radical (unpaired) electrons. The molecule has 1 fully saturated rings. The second-order valence-corrected chi connectivity index (χ2v) is 7.55. The van der Waals surface area contributed by atoms with E-state index in [1.165, 1.54) is 22.6 Å². The molecule has 0 saturated carbocycles. The Morgan fingerprint density at radius 3 is 2.75 bits per heavy atom. The highest BCUT2D eigenvalue weighted by atomic mass is 32.1. The van der Waals surface area contributed by atoms with E-state index < -0.39 is 0 Å². The molecule has 2 aromatic heterocycles. The number of anilines is 2. The van der Waals surface area contributed by atoms with Gasteiger partial charge in [-0.25, -0.2) is 9.78 Å². The molecule has 0 aromatic carbocycles. The van der Waals surface area contributed by atoms with Gasteiger partial charge < -0.3 is 15.1 Å². The lowest BCUT2D eigenvalue weighted by molar-refractivity contribution is 0.209. The van der Waals surface area contributed by atoms with Gasteiger partial charge in [0.25, 0.3) is 0 Å². The minimum absolute atomic E-state index is 0.0376. The van der Waals surface area contributed by atoms with Crippen molar-refractivity contribution in [1.82, 2.24) is 9.88 Å². The first-order valence-corrected chi connectivity index (χ1v) is 9.18. The summed E-state index contributed by atoms with van der Waals surface area (Å²) < 4.78 is 0. The van der Waals surface area contributed by atoms with Gasteiger partial charge in [0.05, 0.1) is 11.7 Å². The van der Waals surface area contributed by atoms with Gasteiger partial charge in [-0.05, 0) is 51.0 Å². The van der Waals surface area contributed by atoms with Crippen molar-refractivity contribution < 1.29 is 4.79 Å². The van der Waals surface area contributed by atoms with Gasteiger partial charge in [-0.1, -0.05) is 0 Å². The molecule has 24 heavy (non-hydrogen) atoms. The predicted octanol–water partition coefficient (Wildman–Crippen LogP) is 4.28. The Labute approximate surface area is 147 Å². The molecular weight excluding hydrogens is 320 g/mol. The first-order chi connectivity index (χ1) is 11.6. The fraction of sp³-hybridized carbons (Fsp3) is 0.444. The van der Waals surface area contributed by atoms with Crippen LogP contribution in [0.1, 0.15) is 35.6 Å². The van der Waals surface area contributed by atoms with Crippen LogP contribution in [0.15, 0.2) is 30.5 Å². The highest BCUT2D eigenvalue weighted by Crippen LogP contribution is 2.29. The van der Waals surface area contributed by atoms with Crippen LogP contribution in [0.5, 0.6) is 0 Å². The lowest BCUT2D eigenvalue weighted by atomic mass is 10.2. The van der Waals surface area contributed by atoms with E-state index in [0.717, 1.165) is 24.6 Å². The van der Waals surface area contributed by atoms with Crippen molar-refractivity contribution in [2.45, 2.75) is 32.7 Å². The third-order valence-corrected chi connectivity index (χ3v) is 5.68. The molecule has 0 bridgehead atoms. The molecular formula is C18H24N4OS. The summed E-state index contributed by atoms with van der Waals surface area (Å²) in [6.07, 6.45) is 4.14. The zero-order chi connectivity index (χ0) is 17.1. The van der Waals surface area contributed by atoms with Crippen molar-refractivity contribution in [1.29, 1.82) is 0 Å². The zero-order valence-electron chi connectivity index (χ0n) is 14.5. The van der Waals surface area contributed by atoms with Crippen LogP contribution in [-0.2, 0) is 0 Å². The number of hydrogen-bond acceptors (Lipinski definition) is 4. The van der Waals surface area contributed by atoms with E-state index in [-0.39, 0.29) is 12.1 Å². The predicted molar refractivity (Wildman–Crippen MR) is 99.9 cm³/mol. The first kappa shape index (κ1) is 16.8. The third-order valence-electron chi connectivity index (χ3n) is 4.51. The Kier molecular flexibility index (Phi) is 5.04. The molecule has 1 saturated heterocycles. The van der Waals surface area contributed by atoms with E-state index in [4.69, 9.17) is 0 Å². The van der Waals surface area contributed by atoms with Crippen molar-refractivity contribution in [2.75, 3.05) is 30.4 Å². The van der Waals surface area contributed by atoms with Crippen molar-refractivity contribution in [3.8, 4) is 0 Å². The maximum absolute atomic E-state index is 12.7. The molecule has 1 N–H and O–H groups in total. The van der Waals surface area contributed by atoms with Crippen molar-refractivity contribution in [3.05, 3.63) is 40.2 Å². The zero-order valence-corrected chi connectivity index (χ0v) is 15.3. The largest absolute Gasteiger partial charge is 0.355 e. The van der Waals surface area contributed by atoms with Gasteiger partial charge >= 0.3 is 6.03 Å². The molecule has 1 atom stereocenters. The van der Waals surface area contributed by atoms with Crippen molar-refractivity contribution >= 4 is 28.9 Å². The fourth-order valence-corrected chi connectivity index (χ4v) is 3.90. The van der Waals surface area contributed by atoms with Crippen LogP contribution in [0.4, 0.5) is 16.3 Å². The summed E-state index contributed by atoms with van der Waals surface area (Å²) in [5.74, 6) is 0.872. The van der Waals surface area contributed by atoms with Gasteiger partial charge in [0.1, 0.15) is 0 Å². The van der Waals surface area contributed by atoms with E-state index >= 15 is 0 Å². The lowest BCUT2D eigenvalue weighted by Crippen LogP contribution is -2.34. The van der Waals surface area contributed by atoms with Crippen LogP contribution in [0.2, 0.25) is 0 Å². The molecule has 1 aliphatic heterocycles. The number of thiophene rings is 1. The van der Waals surface area contributed by atoms with E-state index in [1.807, 2.05) is 19.2 Å². The number of nitrogens with one attached hydrogen (secondary N) is 1. The van der Waals surface area contributed by atoms with Crippen LogP contribution in [-0.4, -0.2) is 36.1 Å². The van der Waals surface area contributed by atoms with Gasteiger partial charge in [-0.2, -0.15) is 0 Å². The normalized spacial score (nSPS) is 15.4. The third kappa shape index (κ3) is 3.53. The molecule has 3 rings (SSSR count). The van der Waals surface area contributed by atoms with Crippen molar-refractivity contribution in [3.63, 3.8) is 0 Å². The maximum Gasteiger partial charge on any atom is 0.322 e. The highest BCUT2D eigenvalue weighted by molar-refractivity contribution is 7.12. The first-order valence-electron chi connectivity index (χ1n) is 8.36. The minimum atomic E-state index is -0.109. The molecule has 0 spiro atoms. The molecule has 1 aliphatic rings. The molecule has 5 nitrogen and oxygen atoms in total. The van der Waals surface area contributed by atoms with Crippen molar-refractivity contribution in [2.24, 2.45) is 0 Å². The second-order valence-electron chi connectivity index (χ2n) is 6.23. The maximum atomic E-state index is 12.7. The minimum Gasteiger partial charge on any atom is -0.355 e. The summed E-state index contributed by atoms with van der Waals surface area (Å²) in [6, 6.07) is 7.90. The number of amides is 2. The average Bonchev–Trinajstić information content (AvgIpc) is 3.25. The molecule has 2 amide bonds. The number of rotatable bonds is 4. The second kappa shape index (κ2) is 7.21. The van der Waals surface area contributed by atoms with Crippen LogP contribution in [0, 0.1) is 6.92 Å². The number of urea groups is 1. The smallest absolute Gasteiger partial charge is 0.322 e. The number of hydrogen-bond donors (Lipinski definition) is 1. The number of carbonyl (C=O) groups is 1. The highest BCUT2D eigenvalue weighted by Gasteiger charge is 2.22. The average molecular weight is 344 g/mol. The molecule has 0 aliphatic carbocycles. The Morgan fingerprint density at radius 2 is 2.08 bits per heavy atom. The molecule has 3 heterocycles. The van der Waals surface area contributed by atoms with E-state index in [0.29, 0.717) is 0 Å². The number of aryl methyl sites for hydroxylation is 1. The fourth-order valence-electron chi connectivity index (χ4n) is 2.92. The van der Waals surface area contributed by atoms with Gasteiger partial charge in [-0.3, -0.25) is 0 Å². The summed E-state index contributed by atoms with van der Waals surface area (Å²) in [4.78, 5) is 23.6. The van der Waals surface area contributed by atoms with Crippen LogP contribution < -0.4 is 10.2 Å². The molecule has 128 valence electrons. The summed E-state index contributed by atoms with van der Waals surface area (Å²) in [5.41, 5.74) is 0.783.